The van der Waals surface area contributed by atoms with Gasteiger partial charge in [0.1, 0.15) is 0 Å². The average Bonchev–Trinajstić information content (AvgIpc) is 2.69. The molecule has 0 unspecified atom stereocenters. The number of nitrogens with zero attached hydrogens (tertiary/aromatic N) is 3. The number of amides is 2. The number of hydrogen-bond acceptors (Lipinski definition) is 3. The van der Waals surface area contributed by atoms with Gasteiger partial charge in [0, 0.05) is 33.1 Å². The summed E-state index contributed by atoms with van der Waals surface area (Å²) in [4.78, 5) is 30.7. The van der Waals surface area contributed by atoms with Crippen LogP contribution in [0.15, 0.2) is 30.3 Å². The lowest BCUT2D eigenvalue weighted by molar-refractivity contribution is -0.136. The lowest BCUT2D eigenvalue weighted by Crippen LogP contribution is -2.47. The fourth-order valence-electron chi connectivity index (χ4n) is 4.33. The van der Waals surface area contributed by atoms with Crippen LogP contribution in [0.2, 0.25) is 0 Å². The van der Waals surface area contributed by atoms with Crippen LogP contribution in [0.3, 0.4) is 0 Å². The van der Waals surface area contributed by atoms with Crippen molar-refractivity contribution in [1.29, 1.82) is 0 Å². The molecule has 0 saturated carbocycles. The van der Waals surface area contributed by atoms with Crippen LogP contribution in [-0.4, -0.2) is 73.3 Å². The maximum absolute atomic E-state index is 12.7. The summed E-state index contributed by atoms with van der Waals surface area (Å²) < 4.78 is 0. The van der Waals surface area contributed by atoms with Crippen LogP contribution in [-0.2, 0) is 16.0 Å². The van der Waals surface area contributed by atoms with Crippen molar-refractivity contribution in [1.82, 2.24) is 14.7 Å². The van der Waals surface area contributed by atoms with E-state index in [1.165, 1.54) is 5.56 Å². The van der Waals surface area contributed by atoms with Crippen molar-refractivity contribution in [3.8, 4) is 0 Å². The molecule has 27 heavy (non-hydrogen) atoms. The summed E-state index contributed by atoms with van der Waals surface area (Å²) in [5, 5.41) is 0. The quantitative estimate of drug-likeness (QED) is 0.798. The van der Waals surface area contributed by atoms with E-state index in [9.17, 15) is 9.59 Å². The first-order chi connectivity index (χ1) is 13.0. The van der Waals surface area contributed by atoms with Gasteiger partial charge in [0.25, 0.3) is 0 Å². The fourth-order valence-corrected chi connectivity index (χ4v) is 4.33. The van der Waals surface area contributed by atoms with Crippen molar-refractivity contribution in [2.45, 2.75) is 32.1 Å². The number of carbonyl (C=O) groups is 2. The third-order valence-corrected chi connectivity index (χ3v) is 6.07. The minimum atomic E-state index is 0.125. The van der Waals surface area contributed by atoms with Crippen molar-refractivity contribution in [2.24, 2.45) is 11.8 Å². The first kappa shape index (κ1) is 19.9. The van der Waals surface area contributed by atoms with Gasteiger partial charge in [-0.1, -0.05) is 30.3 Å². The molecule has 0 aromatic heterocycles. The van der Waals surface area contributed by atoms with Crippen molar-refractivity contribution in [2.75, 3.05) is 46.8 Å². The number of carbonyl (C=O) groups excluding carboxylic acids is 2. The summed E-state index contributed by atoms with van der Waals surface area (Å²) in [5.41, 5.74) is 1.40. The van der Waals surface area contributed by atoms with E-state index in [0.29, 0.717) is 12.5 Å². The number of likely N-dealkylation sites (tertiary alicyclic amines) is 2. The Kier molecular flexibility index (Phi) is 6.89. The Labute approximate surface area is 163 Å². The maximum atomic E-state index is 12.7. The van der Waals surface area contributed by atoms with Gasteiger partial charge in [0.05, 0.1) is 6.54 Å². The zero-order valence-corrected chi connectivity index (χ0v) is 16.8. The van der Waals surface area contributed by atoms with Crippen LogP contribution in [0.1, 0.15) is 31.2 Å². The van der Waals surface area contributed by atoms with Gasteiger partial charge < -0.3 is 9.80 Å². The van der Waals surface area contributed by atoms with Gasteiger partial charge in [0.15, 0.2) is 0 Å². The van der Waals surface area contributed by atoms with Gasteiger partial charge in [-0.2, -0.15) is 0 Å². The highest BCUT2D eigenvalue weighted by Crippen LogP contribution is 2.23. The summed E-state index contributed by atoms with van der Waals surface area (Å²) in [6, 6.07) is 10.7. The number of hydrogen-bond donors (Lipinski definition) is 0. The molecule has 0 bridgehead atoms. The van der Waals surface area contributed by atoms with Gasteiger partial charge in [-0.05, 0) is 56.7 Å². The zero-order valence-electron chi connectivity index (χ0n) is 16.8. The highest BCUT2D eigenvalue weighted by atomic mass is 16.2. The van der Waals surface area contributed by atoms with Gasteiger partial charge in [-0.25, -0.2) is 0 Å². The molecule has 2 amide bonds. The minimum absolute atomic E-state index is 0.125. The molecule has 2 heterocycles. The van der Waals surface area contributed by atoms with Crippen LogP contribution in [0.4, 0.5) is 0 Å². The van der Waals surface area contributed by atoms with E-state index < -0.39 is 0 Å². The second-order valence-electron chi connectivity index (χ2n) is 8.30. The Balaban J connectivity index is 1.38. The third-order valence-electron chi connectivity index (χ3n) is 6.07. The fraction of sp³-hybridized carbons (Fsp3) is 0.636. The second-order valence-corrected chi connectivity index (χ2v) is 8.30. The molecule has 0 spiro atoms. The molecular weight excluding hydrogens is 338 g/mol. The molecule has 0 radical (unpaired) electrons. The van der Waals surface area contributed by atoms with E-state index in [4.69, 9.17) is 0 Å². The Hall–Kier alpha value is -1.88. The SMILES string of the molecule is CN(C)C(=O)C1CCN(CC(=O)N2CCC(Cc3ccccc3)CC2)CC1. The maximum Gasteiger partial charge on any atom is 0.236 e. The van der Waals surface area contributed by atoms with Gasteiger partial charge >= 0.3 is 0 Å². The van der Waals surface area contributed by atoms with Gasteiger partial charge in [-0.3, -0.25) is 14.5 Å². The summed E-state index contributed by atoms with van der Waals surface area (Å²) >= 11 is 0. The van der Waals surface area contributed by atoms with E-state index in [2.05, 4.69) is 35.2 Å². The van der Waals surface area contributed by atoms with Crippen molar-refractivity contribution in [3.63, 3.8) is 0 Å². The monoisotopic (exact) mass is 371 g/mol. The number of piperidine rings is 2. The van der Waals surface area contributed by atoms with Crippen molar-refractivity contribution < 1.29 is 9.59 Å². The topological polar surface area (TPSA) is 43.9 Å². The van der Waals surface area contributed by atoms with E-state index in [1.807, 2.05) is 19.0 Å². The second kappa shape index (κ2) is 9.36. The van der Waals surface area contributed by atoms with Crippen LogP contribution < -0.4 is 0 Å². The predicted octanol–water partition coefficient (Wildman–Crippen LogP) is 2.27. The normalized spacial score (nSPS) is 19.9. The molecule has 1 aromatic carbocycles. The van der Waals surface area contributed by atoms with Crippen LogP contribution >= 0.6 is 0 Å². The summed E-state index contributed by atoms with van der Waals surface area (Å²) in [5.74, 6) is 1.29. The summed E-state index contributed by atoms with van der Waals surface area (Å²) in [7, 11) is 3.64. The zero-order chi connectivity index (χ0) is 19.2. The van der Waals surface area contributed by atoms with E-state index in [-0.39, 0.29) is 17.7 Å². The molecule has 2 fully saturated rings. The molecule has 5 heteroatoms. The molecule has 2 saturated heterocycles. The Bertz CT molecular complexity index is 616. The Morgan fingerprint density at radius 3 is 2.19 bits per heavy atom. The van der Waals surface area contributed by atoms with E-state index >= 15 is 0 Å². The van der Waals surface area contributed by atoms with Gasteiger partial charge in [0.2, 0.25) is 11.8 Å². The first-order valence-electron chi connectivity index (χ1n) is 10.3. The lowest BCUT2D eigenvalue weighted by atomic mass is 9.90. The largest absolute Gasteiger partial charge is 0.349 e. The van der Waals surface area contributed by atoms with Crippen LogP contribution in [0.25, 0.3) is 0 Å². The Morgan fingerprint density at radius 1 is 0.963 bits per heavy atom. The van der Waals surface area contributed by atoms with E-state index in [1.54, 1.807) is 4.90 Å². The highest BCUT2D eigenvalue weighted by Gasteiger charge is 2.29. The average molecular weight is 372 g/mol. The van der Waals surface area contributed by atoms with Crippen molar-refractivity contribution in [3.05, 3.63) is 35.9 Å². The molecule has 2 aliphatic heterocycles. The minimum Gasteiger partial charge on any atom is -0.349 e. The van der Waals surface area contributed by atoms with Crippen LogP contribution in [0, 0.1) is 11.8 Å². The summed E-state index contributed by atoms with van der Waals surface area (Å²) in [6.07, 6.45) is 5.04. The lowest BCUT2D eigenvalue weighted by Gasteiger charge is -2.36. The smallest absolute Gasteiger partial charge is 0.236 e. The highest BCUT2D eigenvalue weighted by molar-refractivity contribution is 5.79. The third kappa shape index (κ3) is 5.55. The van der Waals surface area contributed by atoms with Crippen molar-refractivity contribution >= 4 is 11.8 Å². The summed E-state index contributed by atoms with van der Waals surface area (Å²) in [6.45, 7) is 3.96. The predicted molar refractivity (Wildman–Crippen MR) is 107 cm³/mol. The number of benzene rings is 1. The molecule has 148 valence electrons. The Morgan fingerprint density at radius 2 is 1.59 bits per heavy atom. The molecule has 0 N–H and O–H groups in total. The van der Waals surface area contributed by atoms with Crippen LogP contribution in [0.5, 0.6) is 0 Å². The standard InChI is InChI=1S/C22H33N3O2/c1-23(2)22(27)20-10-12-24(13-11-20)17-21(26)25-14-8-19(9-15-25)16-18-6-4-3-5-7-18/h3-7,19-20H,8-17H2,1-2H3. The molecule has 2 aliphatic rings. The molecule has 1 aromatic rings. The molecular formula is C22H33N3O2. The van der Waals surface area contributed by atoms with E-state index in [0.717, 1.165) is 58.3 Å². The molecule has 0 aliphatic carbocycles. The number of rotatable bonds is 5. The van der Waals surface area contributed by atoms with Gasteiger partial charge in [-0.15, -0.1) is 0 Å². The molecule has 5 nitrogen and oxygen atoms in total. The molecule has 0 atom stereocenters. The molecule has 3 rings (SSSR count). The first-order valence-corrected chi connectivity index (χ1v) is 10.3.